The van der Waals surface area contributed by atoms with Gasteiger partial charge >= 0.3 is 0 Å². The third-order valence-electron chi connectivity index (χ3n) is 3.98. The van der Waals surface area contributed by atoms with E-state index in [0.29, 0.717) is 12.2 Å². The van der Waals surface area contributed by atoms with Gasteiger partial charge in [0.05, 0.1) is 0 Å². The van der Waals surface area contributed by atoms with Gasteiger partial charge in [0.15, 0.2) is 0 Å². The third kappa shape index (κ3) is 3.35. The summed E-state index contributed by atoms with van der Waals surface area (Å²) in [6, 6.07) is 1.30. The number of hydrogen-bond donors (Lipinski definition) is 1. The molecule has 2 rings (SSSR count). The molecule has 1 aliphatic carbocycles. The van der Waals surface area contributed by atoms with Crippen LogP contribution in [0.2, 0.25) is 0 Å². The number of nitrogens with zero attached hydrogens (tertiary/aromatic N) is 1. The molecule has 1 aromatic heterocycles. The van der Waals surface area contributed by atoms with Crippen molar-refractivity contribution in [2.75, 3.05) is 6.54 Å². The molecule has 20 heavy (non-hydrogen) atoms. The van der Waals surface area contributed by atoms with Crippen molar-refractivity contribution in [3.05, 3.63) is 18.0 Å². The van der Waals surface area contributed by atoms with E-state index in [-0.39, 0.29) is 16.2 Å². The van der Waals surface area contributed by atoms with E-state index >= 15 is 0 Å². The number of aryl methyl sites for hydroxylation is 1. The van der Waals surface area contributed by atoms with Crippen molar-refractivity contribution in [2.45, 2.75) is 37.5 Å². The summed E-state index contributed by atoms with van der Waals surface area (Å²) in [5.41, 5.74) is 0.452. The van der Waals surface area contributed by atoms with Crippen molar-refractivity contribution in [1.82, 2.24) is 9.88 Å². The summed E-state index contributed by atoms with van der Waals surface area (Å²) in [5, 5.41) is 2.89. The lowest BCUT2D eigenvalue weighted by Crippen LogP contribution is -2.34. The summed E-state index contributed by atoms with van der Waals surface area (Å²) in [6.07, 6.45) is 5.97. The maximum atomic E-state index is 12.1. The molecule has 1 fully saturated rings. The van der Waals surface area contributed by atoms with Gasteiger partial charge in [0.25, 0.3) is 15.0 Å². The Morgan fingerprint density at radius 2 is 2.05 bits per heavy atom. The minimum absolute atomic E-state index is 0.0566. The van der Waals surface area contributed by atoms with Gasteiger partial charge in [-0.15, -0.1) is 0 Å². The van der Waals surface area contributed by atoms with Crippen LogP contribution in [0.4, 0.5) is 0 Å². The molecule has 1 N–H and O–H groups in total. The summed E-state index contributed by atoms with van der Waals surface area (Å²) >= 11 is 0. The third-order valence-corrected chi connectivity index (χ3v) is 5.30. The number of hydrogen-bond acceptors (Lipinski definition) is 3. The minimum atomic E-state index is -3.81. The van der Waals surface area contributed by atoms with Gasteiger partial charge in [0.1, 0.15) is 10.6 Å². The van der Waals surface area contributed by atoms with Gasteiger partial charge in [-0.3, -0.25) is 4.79 Å². The zero-order chi connectivity index (χ0) is 15.0. The second-order valence-corrected chi connectivity index (χ2v) is 8.38. The highest BCUT2D eigenvalue weighted by Crippen LogP contribution is 2.36. The minimum Gasteiger partial charge on any atom is -0.350 e. The van der Waals surface area contributed by atoms with Crippen LogP contribution in [-0.2, 0) is 16.1 Å². The Hall–Kier alpha value is -1.01. The average Bonchev–Trinajstić information content (AvgIpc) is 2.93. The zero-order valence-corrected chi connectivity index (χ0v) is 13.2. The first-order valence-electron chi connectivity index (χ1n) is 6.61. The Balaban J connectivity index is 2.08. The Kier molecular flexibility index (Phi) is 4.16. The fraction of sp³-hybridized carbons (Fsp3) is 0.615. The van der Waals surface area contributed by atoms with Crippen LogP contribution < -0.4 is 5.32 Å². The number of aromatic nitrogens is 1. The lowest BCUT2D eigenvalue weighted by Gasteiger charge is -2.23. The second kappa shape index (κ2) is 5.41. The van der Waals surface area contributed by atoms with Gasteiger partial charge in [-0.25, -0.2) is 8.42 Å². The predicted molar refractivity (Wildman–Crippen MR) is 77.4 cm³/mol. The maximum Gasteiger partial charge on any atom is 0.267 e. The van der Waals surface area contributed by atoms with Crippen molar-refractivity contribution < 1.29 is 13.2 Å². The molecule has 1 saturated carbocycles. The molecule has 0 radical (unpaired) electrons. The van der Waals surface area contributed by atoms with E-state index in [2.05, 4.69) is 12.2 Å². The monoisotopic (exact) mass is 318 g/mol. The normalized spacial score (nSPS) is 18.1. The van der Waals surface area contributed by atoms with E-state index in [1.807, 2.05) is 0 Å². The van der Waals surface area contributed by atoms with Crippen molar-refractivity contribution in [3.8, 4) is 0 Å². The molecule has 0 unspecified atom stereocenters. The number of nitrogens with one attached hydrogen (secondary N) is 1. The van der Waals surface area contributed by atoms with Crippen LogP contribution in [0, 0.1) is 5.41 Å². The number of carbonyl (C=O) groups excluding carboxylic acids is 1. The average molecular weight is 319 g/mol. The first-order chi connectivity index (χ1) is 9.21. The quantitative estimate of drug-likeness (QED) is 0.866. The van der Waals surface area contributed by atoms with Crippen LogP contribution >= 0.6 is 10.7 Å². The van der Waals surface area contributed by atoms with Crippen LogP contribution in [-0.4, -0.2) is 25.4 Å². The van der Waals surface area contributed by atoms with Crippen LogP contribution in [0.1, 0.15) is 43.1 Å². The Labute approximate surface area is 123 Å². The summed E-state index contributed by atoms with van der Waals surface area (Å²) in [6.45, 7) is 2.78. The lowest BCUT2D eigenvalue weighted by atomic mass is 9.89. The molecular formula is C13H19ClN2O3S. The lowest BCUT2D eigenvalue weighted by molar-refractivity contribution is 0.0926. The highest BCUT2D eigenvalue weighted by atomic mass is 35.7. The number of carbonyl (C=O) groups is 1. The molecule has 0 atom stereocenters. The Morgan fingerprint density at radius 1 is 1.45 bits per heavy atom. The molecule has 0 spiro atoms. The fourth-order valence-corrected chi connectivity index (χ4v) is 3.47. The maximum absolute atomic E-state index is 12.1. The van der Waals surface area contributed by atoms with Crippen LogP contribution in [0.3, 0.4) is 0 Å². The van der Waals surface area contributed by atoms with E-state index in [1.54, 1.807) is 7.05 Å². The van der Waals surface area contributed by atoms with Crippen molar-refractivity contribution in [1.29, 1.82) is 0 Å². The first kappa shape index (κ1) is 15.4. The molecular weight excluding hydrogens is 300 g/mol. The summed E-state index contributed by atoms with van der Waals surface area (Å²) in [7, 11) is 3.09. The van der Waals surface area contributed by atoms with E-state index in [0.717, 1.165) is 12.8 Å². The molecule has 0 aliphatic heterocycles. The van der Waals surface area contributed by atoms with Gasteiger partial charge in [0.2, 0.25) is 0 Å². The summed E-state index contributed by atoms with van der Waals surface area (Å²) in [5.74, 6) is -0.271. The van der Waals surface area contributed by atoms with Gasteiger partial charge in [-0.05, 0) is 24.3 Å². The molecule has 0 saturated heterocycles. The number of halogens is 1. The molecule has 0 bridgehead atoms. The van der Waals surface area contributed by atoms with Crippen molar-refractivity contribution >= 4 is 25.6 Å². The number of amides is 1. The van der Waals surface area contributed by atoms with Gasteiger partial charge in [0, 0.05) is 30.5 Å². The van der Waals surface area contributed by atoms with Gasteiger partial charge in [-0.2, -0.15) is 0 Å². The van der Waals surface area contributed by atoms with Crippen molar-refractivity contribution in [2.24, 2.45) is 12.5 Å². The molecule has 0 aromatic carbocycles. The van der Waals surface area contributed by atoms with Gasteiger partial charge in [-0.1, -0.05) is 19.8 Å². The molecule has 112 valence electrons. The fourth-order valence-electron chi connectivity index (χ4n) is 2.68. The summed E-state index contributed by atoms with van der Waals surface area (Å²) in [4.78, 5) is 12.1. The van der Waals surface area contributed by atoms with Crippen LogP contribution in [0.25, 0.3) is 0 Å². The van der Waals surface area contributed by atoms with Crippen molar-refractivity contribution in [3.63, 3.8) is 0 Å². The molecule has 5 nitrogen and oxygen atoms in total. The van der Waals surface area contributed by atoms with E-state index < -0.39 is 9.05 Å². The van der Waals surface area contributed by atoms with Gasteiger partial charge < -0.3 is 9.88 Å². The first-order valence-corrected chi connectivity index (χ1v) is 8.91. The predicted octanol–water partition coefficient (Wildman–Crippen LogP) is 2.26. The molecule has 1 heterocycles. The van der Waals surface area contributed by atoms with Crippen LogP contribution in [0.15, 0.2) is 17.2 Å². The van der Waals surface area contributed by atoms with E-state index in [4.69, 9.17) is 10.7 Å². The largest absolute Gasteiger partial charge is 0.350 e. The molecule has 7 heteroatoms. The zero-order valence-electron chi connectivity index (χ0n) is 11.6. The second-order valence-electron chi connectivity index (χ2n) is 5.81. The van der Waals surface area contributed by atoms with Crippen LogP contribution in [0.5, 0.6) is 0 Å². The van der Waals surface area contributed by atoms with E-state index in [9.17, 15) is 13.2 Å². The SMILES string of the molecule is Cn1cc(S(=O)(=O)Cl)cc1C(=O)NCC1(C)CCCC1. The highest BCUT2D eigenvalue weighted by molar-refractivity contribution is 8.13. The smallest absolute Gasteiger partial charge is 0.267 e. The standard InChI is InChI=1S/C13H19ClN2O3S/c1-13(5-3-4-6-13)9-15-12(17)11-7-10(8-16(11)2)20(14,18)19/h7-8H,3-6,9H2,1-2H3,(H,15,17). The van der Waals surface area contributed by atoms with E-state index in [1.165, 1.54) is 29.7 Å². The molecule has 1 aromatic rings. The topological polar surface area (TPSA) is 68.2 Å². The molecule has 1 amide bonds. The number of rotatable bonds is 4. The Morgan fingerprint density at radius 3 is 2.55 bits per heavy atom. The molecule has 1 aliphatic rings. The Bertz CT molecular complexity index is 616. The summed E-state index contributed by atoms with van der Waals surface area (Å²) < 4.78 is 24.0. The highest BCUT2D eigenvalue weighted by Gasteiger charge is 2.29.